The molecule has 0 radical (unpaired) electrons. The van der Waals surface area contributed by atoms with Crippen molar-refractivity contribution in [2.45, 2.75) is 18.9 Å². The van der Waals surface area contributed by atoms with E-state index in [0.717, 1.165) is 37.2 Å². The number of methoxy groups -OCH3 is 1. The summed E-state index contributed by atoms with van der Waals surface area (Å²) in [5, 5.41) is 6.42. The summed E-state index contributed by atoms with van der Waals surface area (Å²) in [6.07, 6.45) is 3.35. The first-order valence-corrected chi connectivity index (χ1v) is 7.97. The van der Waals surface area contributed by atoms with Crippen molar-refractivity contribution in [2.24, 2.45) is 5.92 Å². The van der Waals surface area contributed by atoms with E-state index in [0.29, 0.717) is 5.76 Å². The SMILES string of the molecule is COc1ccccc1C(NC(=O)C1CCNCC1)c1ccco1.Cl. The van der Waals surface area contributed by atoms with Crippen LogP contribution in [0.15, 0.2) is 47.1 Å². The van der Waals surface area contributed by atoms with Gasteiger partial charge in [-0.1, -0.05) is 18.2 Å². The largest absolute Gasteiger partial charge is 0.496 e. The predicted molar refractivity (Wildman–Crippen MR) is 94.5 cm³/mol. The Labute approximate surface area is 148 Å². The van der Waals surface area contributed by atoms with Gasteiger partial charge in [-0.25, -0.2) is 0 Å². The van der Waals surface area contributed by atoms with Gasteiger partial charge in [-0.05, 0) is 44.1 Å². The average molecular weight is 351 g/mol. The molecule has 1 aliphatic rings. The van der Waals surface area contributed by atoms with Gasteiger partial charge in [0.1, 0.15) is 17.6 Å². The van der Waals surface area contributed by atoms with Crippen LogP contribution < -0.4 is 15.4 Å². The van der Waals surface area contributed by atoms with Crippen LogP contribution in [0.4, 0.5) is 0 Å². The minimum Gasteiger partial charge on any atom is -0.496 e. The maximum Gasteiger partial charge on any atom is 0.224 e. The van der Waals surface area contributed by atoms with Gasteiger partial charge in [-0.3, -0.25) is 4.79 Å². The topological polar surface area (TPSA) is 63.5 Å². The fraction of sp³-hybridized carbons (Fsp3) is 0.389. The Bertz CT molecular complexity index is 639. The molecule has 1 aliphatic heterocycles. The normalized spacial score (nSPS) is 16.0. The summed E-state index contributed by atoms with van der Waals surface area (Å²) >= 11 is 0. The lowest BCUT2D eigenvalue weighted by Crippen LogP contribution is -2.40. The number of benzene rings is 1. The van der Waals surface area contributed by atoms with Gasteiger partial charge in [0.25, 0.3) is 0 Å². The molecule has 1 atom stereocenters. The molecule has 1 aromatic carbocycles. The predicted octanol–water partition coefficient (Wildman–Crippen LogP) is 2.92. The van der Waals surface area contributed by atoms with Crippen molar-refractivity contribution in [1.29, 1.82) is 0 Å². The molecule has 2 N–H and O–H groups in total. The number of halogens is 1. The molecule has 3 rings (SSSR count). The molecule has 6 heteroatoms. The summed E-state index contributed by atoms with van der Waals surface area (Å²) in [5.41, 5.74) is 0.896. The molecule has 0 aliphatic carbocycles. The Kier molecular flexibility index (Phi) is 6.70. The fourth-order valence-corrected chi connectivity index (χ4v) is 3.01. The summed E-state index contributed by atoms with van der Waals surface area (Å²) < 4.78 is 11.0. The molecule has 0 saturated carbocycles. The lowest BCUT2D eigenvalue weighted by atomic mass is 9.95. The number of carbonyl (C=O) groups excluding carboxylic acids is 1. The maximum absolute atomic E-state index is 12.7. The molecular formula is C18H23ClN2O3. The van der Waals surface area contributed by atoms with Crippen molar-refractivity contribution in [3.63, 3.8) is 0 Å². The van der Waals surface area contributed by atoms with Crippen molar-refractivity contribution in [2.75, 3.05) is 20.2 Å². The van der Waals surface area contributed by atoms with E-state index in [1.807, 2.05) is 36.4 Å². The van der Waals surface area contributed by atoms with Gasteiger partial charge in [0.15, 0.2) is 0 Å². The monoisotopic (exact) mass is 350 g/mol. The summed E-state index contributed by atoms with van der Waals surface area (Å²) in [4.78, 5) is 12.7. The number of carbonyl (C=O) groups is 1. The van der Waals surface area contributed by atoms with Gasteiger partial charge < -0.3 is 19.8 Å². The lowest BCUT2D eigenvalue weighted by Gasteiger charge is -2.25. The van der Waals surface area contributed by atoms with E-state index < -0.39 is 0 Å². The quantitative estimate of drug-likeness (QED) is 0.870. The number of furan rings is 1. The van der Waals surface area contributed by atoms with Gasteiger partial charge in [-0.2, -0.15) is 0 Å². The third-order valence-corrected chi connectivity index (χ3v) is 4.27. The van der Waals surface area contributed by atoms with Crippen LogP contribution in [0.2, 0.25) is 0 Å². The molecule has 24 heavy (non-hydrogen) atoms. The summed E-state index contributed by atoms with van der Waals surface area (Å²) in [7, 11) is 1.63. The van der Waals surface area contributed by atoms with Crippen LogP contribution in [-0.4, -0.2) is 26.1 Å². The zero-order chi connectivity index (χ0) is 16.1. The third kappa shape index (κ3) is 4.10. The Hall–Kier alpha value is -1.98. The highest BCUT2D eigenvalue weighted by atomic mass is 35.5. The van der Waals surface area contributed by atoms with Crippen molar-refractivity contribution in [3.8, 4) is 5.75 Å². The number of rotatable bonds is 5. The van der Waals surface area contributed by atoms with Crippen LogP contribution in [-0.2, 0) is 4.79 Å². The summed E-state index contributed by atoms with van der Waals surface area (Å²) in [5.74, 6) is 1.55. The zero-order valence-electron chi connectivity index (χ0n) is 13.7. The van der Waals surface area contributed by atoms with Gasteiger partial charge >= 0.3 is 0 Å². The Morgan fingerprint density at radius 2 is 2.00 bits per heavy atom. The second kappa shape index (κ2) is 8.76. The van der Waals surface area contributed by atoms with Gasteiger partial charge in [-0.15, -0.1) is 12.4 Å². The molecule has 1 amide bonds. The number of ether oxygens (including phenoxy) is 1. The fourth-order valence-electron chi connectivity index (χ4n) is 3.01. The number of nitrogens with one attached hydrogen (secondary N) is 2. The first kappa shape index (κ1) is 18.4. The zero-order valence-corrected chi connectivity index (χ0v) is 14.5. The minimum absolute atomic E-state index is 0. The molecule has 2 heterocycles. The van der Waals surface area contributed by atoms with Gasteiger partial charge in [0.05, 0.1) is 13.4 Å². The van der Waals surface area contributed by atoms with Crippen LogP contribution in [0, 0.1) is 5.92 Å². The Balaban J connectivity index is 0.00000208. The molecule has 5 nitrogen and oxygen atoms in total. The highest BCUT2D eigenvalue weighted by Crippen LogP contribution is 2.30. The van der Waals surface area contributed by atoms with Crippen LogP contribution in [0.25, 0.3) is 0 Å². The summed E-state index contributed by atoms with van der Waals surface area (Å²) in [6, 6.07) is 11.1. The van der Waals surface area contributed by atoms with E-state index in [4.69, 9.17) is 9.15 Å². The number of hydrogen-bond acceptors (Lipinski definition) is 4. The number of hydrogen-bond donors (Lipinski definition) is 2. The highest BCUT2D eigenvalue weighted by Gasteiger charge is 2.27. The van der Waals surface area contributed by atoms with Crippen molar-refractivity contribution >= 4 is 18.3 Å². The van der Waals surface area contributed by atoms with E-state index in [9.17, 15) is 4.79 Å². The average Bonchev–Trinajstić information content (AvgIpc) is 3.14. The van der Waals surface area contributed by atoms with Crippen molar-refractivity contribution < 1.29 is 13.9 Å². The first-order chi connectivity index (χ1) is 11.3. The summed E-state index contributed by atoms with van der Waals surface area (Å²) in [6.45, 7) is 1.77. The maximum atomic E-state index is 12.7. The van der Waals surface area contributed by atoms with Crippen molar-refractivity contribution in [3.05, 3.63) is 54.0 Å². The number of para-hydroxylation sites is 1. The van der Waals surface area contributed by atoms with E-state index in [1.165, 1.54) is 0 Å². The first-order valence-electron chi connectivity index (χ1n) is 7.97. The van der Waals surface area contributed by atoms with Gasteiger partial charge in [0.2, 0.25) is 5.91 Å². The van der Waals surface area contributed by atoms with E-state index >= 15 is 0 Å². The second-order valence-electron chi connectivity index (χ2n) is 5.72. The van der Waals surface area contributed by atoms with Crippen LogP contribution in [0.1, 0.15) is 30.2 Å². The van der Waals surface area contributed by atoms with E-state index in [2.05, 4.69) is 10.6 Å². The van der Waals surface area contributed by atoms with Gasteiger partial charge in [0, 0.05) is 11.5 Å². The minimum atomic E-state index is -0.344. The standard InChI is InChI=1S/C18H22N2O3.ClH/c1-22-15-6-3-2-5-14(15)17(16-7-4-12-23-16)20-18(21)13-8-10-19-11-9-13;/h2-7,12-13,17,19H,8-11H2,1H3,(H,20,21);1H. The highest BCUT2D eigenvalue weighted by molar-refractivity contribution is 5.85. The van der Waals surface area contributed by atoms with Crippen LogP contribution >= 0.6 is 12.4 Å². The van der Waals surface area contributed by atoms with E-state index in [1.54, 1.807) is 13.4 Å². The molecule has 1 fully saturated rings. The number of piperidine rings is 1. The smallest absolute Gasteiger partial charge is 0.224 e. The molecule has 0 bridgehead atoms. The third-order valence-electron chi connectivity index (χ3n) is 4.27. The molecule has 1 saturated heterocycles. The van der Waals surface area contributed by atoms with Crippen LogP contribution in [0.3, 0.4) is 0 Å². The Morgan fingerprint density at radius 3 is 2.67 bits per heavy atom. The lowest BCUT2D eigenvalue weighted by molar-refractivity contribution is -0.126. The molecular weight excluding hydrogens is 328 g/mol. The number of amides is 1. The molecule has 1 aromatic heterocycles. The van der Waals surface area contributed by atoms with Crippen LogP contribution in [0.5, 0.6) is 5.75 Å². The molecule has 1 unspecified atom stereocenters. The second-order valence-corrected chi connectivity index (χ2v) is 5.72. The molecule has 0 spiro atoms. The van der Waals surface area contributed by atoms with Crippen molar-refractivity contribution in [1.82, 2.24) is 10.6 Å². The Morgan fingerprint density at radius 1 is 1.25 bits per heavy atom. The molecule has 2 aromatic rings. The van der Waals surface area contributed by atoms with E-state index in [-0.39, 0.29) is 30.3 Å². The molecule has 130 valence electrons.